The zero-order valence-electron chi connectivity index (χ0n) is 11.8. The minimum Gasteiger partial charge on any atom is -0.493 e. The third-order valence-electron chi connectivity index (χ3n) is 3.12. The summed E-state index contributed by atoms with van der Waals surface area (Å²) in [6.07, 6.45) is 0. The van der Waals surface area contributed by atoms with Gasteiger partial charge < -0.3 is 9.47 Å². The Morgan fingerprint density at radius 1 is 1.05 bits per heavy atom. The van der Waals surface area contributed by atoms with Gasteiger partial charge in [0, 0.05) is 16.3 Å². The van der Waals surface area contributed by atoms with Crippen molar-refractivity contribution in [3.8, 4) is 22.2 Å². The number of thiophene rings is 1. The monoisotopic (exact) mass is 320 g/mol. The molecule has 3 rings (SSSR count). The summed E-state index contributed by atoms with van der Waals surface area (Å²) < 4.78 is 10.6. The summed E-state index contributed by atoms with van der Waals surface area (Å²) >= 11 is 7.94. The average molecular weight is 321 g/mol. The molecule has 0 aliphatic heterocycles. The molecule has 4 nitrogen and oxygen atoms in total. The number of benzene rings is 1. The summed E-state index contributed by atoms with van der Waals surface area (Å²) in [5.41, 5.74) is 0.730. The molecule has 0 bridgehead atoms. The quantitative estimate of drug-likeness (QED) is 0.673. The van der Waals surface area contributed by atoms with Gasteiger partial charge >= 0.3 is 0 Å². The van der Waals surface area contributed by atoms with Crippen LogP contribution in [0.2, 0.25) is 5.15 Å². The highest BCUT2D eigenvalue weighted by Crippen LogP contribution is 2.35. The van der Waals surface area contributed by atoms with Crippen molar-refractivity contribution in [3.63, 3.8) is 0 Å². The number of rotatable bonds is 3. The zero-order valence-corrected chi connectivity index (χ0v) is 13.4. The van der Waals surface area contributed by atoms with Crippen LogP contribution in [0, 0.1) is 6.92 Å². The van der Waals surface area contributed by atoms with Gasteiger partial charge in [0.25, 0.3) is 0 Å². The summed E-state index contributed by atoms with van der Waals surface area (Å²) in [6, 6.07) is 7.64. The first kappa shape index (κ1) is 14.1. The number of ether oxygens (including phenoxy) is 2. The third-order valence-corrected chi connectivity index (χ3v) is 4.40. The van der Waals surface area contributed by atoms with Crippen LogP contribution in [0.15, 0.2) is 24.3 Å². The summed E-state index contributed by atoms with van der Waals surface area (Å²) in [7, 11) is 3.18. The fourth-order valence-electron chi connectivity index (χ4n) is 2.08. The molecule has 0 atom stereocenters. The largest absolute Gasteiger partial charge is 0.493 e. The van der Waals surface area contributed by atoms with Gasteiger partial charge in [0.05, 0.1) is 24.6 Å². The van der Waals surface area contributed by atoms with E-state index in [1.807, 2.05) is 25.1 Å². The lowest BCUT2D eigenvalue weighted by atomic mass is 10.2. The number of halogens is 1. The minimum atomic E-state index is 0.405. The minimum absolute atomic E-state index is 0.405. The second-order valence-corrected chi connectivity index (χ2v) is 6.12. The van der Waals surface area contributed by atoms with Crippen molar-refractivity contribution in [1.29, 1.82) is 0 Å². The molecule has 0 aliphatic carbocycles. The van der Waals surface area contributed by atoms with Crippen molar-refractivity contribution < 1.29 is 9.47 Å². The SMILES string of the molecule is COc1cc2nc(-c3ccc(C)s3)nc(Cl)c2cc1OC. The molecule has 0 radical (unpaired) electrons. The van der Waals surface area contributed by atoms with Gasteiger partial charge in [-0.3, -0.25) is 0 Å². The number of hydrogen-bond donors (Lipinski definition) is 0. The van der Waals surface area contributed by atoms with E-state index >= 15 is 0 Å². The first-order valence-electron chi connectivity index (χ1n) is 6.28. The maximum absolute atomic E-state index is 6.30. The Bertz CT molecular complexity index is 817. The van der Waals surface area contributed by atoms with E-state index in [1.54, 1.807) is 31.6 Å². The van der Waals surface area contributed by atoms with E-state index in [-0.39, 0.29) is 0 Å². The topological polar surface area (TPSA) is 44.2 Å². The summed E-state index contributed by atoms with van der Waals surface area (Å²) in [5.74, 6) is 1.85. The van der Waals surface area contributed by atoms with Crippen LogP contribution in [0.3, 0.4) is 0 Å². The average Bonchev–Trinajstić information content (AvgIpc) is 2.92. The molecule has 0 unspecified atom stereocenters. The molecule has 3 aromatic rings. The number of hydrogen-bond acceptors (Lipinski definition) is 5. The van der Waals surface area contributed by atoms with Gasteiger partial charge in [-0.05, 0) is 25.1 Å². The fourth-order valence-corrected chi connectivity index (χ4v) is 3.12. The highest BCUT2D eigenvalue weighted by atomic mass is 35.5. The lowest BCUT2D eigenvalue weighted by molar-refractivity contribution is 0.356. The molecule has 6 heteroatoms. The van der Waals surface area contributed by atoms with Crippen LogP contribution < -0.4 is 9.47 Å². The van der Waals surface area contributed by atoms with Crippen LogP contribution in [0.25, 0.3) is 21.6 Å². The predicted molar refractivity (Wildman–Crippen MR) is 85.7 cm³/mol. The number of nitrogens with zero attached hydrogens (tertiary/aromatic N) is 2. The molecule has 1 aromatic carbocycles. The summed E-state index contributed by atoms with van der Waals surface area (Å²) in [6.45, 7) is 2.05. The first-order valence-corrected chi connectivity index (χ1v) is 7.48. The van der Waals surface area contributed by atoms with E-state index in [0.29, 0.717) is 22.5 Å². The number of aromatic nitrogens is 2. The van der Waals surface area contributed by atoms with Crippen LogP contribution in [0.1, 0.15) is 4.88 Å². The molecule has 0 aliphatic rings. The van der Waals surface area contributed by atoms with E-state index in [9.17, 15) is 0 Å². The van der Waals surface area contributed by atoms with Crippen LogP contribution in [-0.4, -0.2) is 24.2 Å². The molecule has 21 heavy (non-hydrogen) atoms. The van der Waals surface area contributed by atoms with Crippen molar-refractivity contribution in [2.75, 3.05) is 14.2 Å². The molecule has 0 saturated heterocycles. The molecule has 2 aromatic heterocycles. The maximum atomic E-state index is 6.30. The smallest absolute Gasteiger partial charge is 0.171 e. The van der Waals surface area contributed by atoms with Gasteiger partial charge in [-0.15, -0.1) is 11.3 Å². The van der Waals surface area contributed by atoms with Crippen LogP contribution in [0.5, 0.6) is 11.5 Å². The van der Waals surface area contributed by atoms with Crippen LogP contribution in [-0.2, 0) is 0 Å². The third kappa shape index (κ3) is 2.54. The van der Waals surface area contributed by atoms with Crippen molar-refractivity contribution in [2.45, 2.75) is 6.92 Å². The van der Waals surface area contributed by atoms with E-state index in [2.05, 4.69) is 9.97 Å². The predicted octanol–water partition coefficient (Wildman–Crippen LogP) is 4.34. The molecule has 0 N–H and O–H groups in total. The Kier molecular flexibility index (Phi) is 3.69. The number of fused-ring (bicyclic) bond motifs is 1. The molecular formula is C15H13ClN2O2S. The highest BCUT2D eigenvalue weighted by molar-refractivity contribution is 7.15. The Balaban J connectivity index is 2.23. The zero-order chi connectivity index (χ0) is 15.0. The Morgan fingerprint density at radius 3 is 2.38 bits per heavy atom. The summed E-state index contributed by atoms with van der Waals surface area (Å²) in [5, 5.41) is 1.15. The second-order valence-electron chi connectivity index (χ2n) is 4.47. The molecule has 108 valence electrons. The van der Waals surface area contributed by atoms with E-state index in [0.717, 1.165) is 15.8 Å². The normalized spacial score (nSPS) is 10.9. The van der Waals surface area contributed by atoms with Gasteiger partial charge in [-0.2, -0.15) is 0 Å². The van der Waals surface area contributed by atoms with Crippen molar-refractivity contribution in [1.82, 2.24) is 9.97 Å². The van der Waals surface area contributed by atoms with E-state index < -0.39 is 0 Å². The molecular weight excluding hydrogens is 308 g/mol. The first-order chi connectivity index (χ1) is 10.1. The standard InChI is InChI=1S/C15H13ClN2O2S/c1-8-4-5-13(21-8)15-17-10-7-12(20-3)11(19-2)6-9(10)14(16)18-15/h4-7H,1-3H3. The lowest BCUT2D eigenvalue weighted by Crippen LogP contribution is -1.94. The molecule has 0 saturated carbocycles. The van der Waals surface area contributed by atoms with Crippen molar-refractivity contribution in [2.24, 2.45) is 0 Å². The Morgan fingerprint density at radius 2 is 1.76 bits per heavy atom. The van der Waals surface area contributed by atoms with Gasteiger partial charge in [-0.25, -0.2) is 9.97 Å². The molecule has 0 amide bonds. The van der Waals surface area contributed by atoms with Gasteiger partial charge in [0.15, 0.2) is 17.3 Å². The fraction of sp³-hybridized carbons (Fsp3) is 0.200. The molecule has 2 heterocycles. The van der Waals surface area contributed by atoms with Crippen molar-refractivity contribution >= 4 is 33.8 Å². The maximum Gasteiger partial charge on any atom is 0.171 e. The number of aryl methyl sites for hydroxylation is 1. The summed E-state index contributed by atoms with van der Waals surface area (Å²) in [4.78, 5) is 11.2. The molecule has 0 fully saturated rings. The Hall–Kier alpha value is -1.85. The van der Waals surface area contributed by atoms with E-state index in [4.69, 9.17) is 21.1 Å². The van der Waals surface area contributed by atoms with Gasteiger partial charge in [-0.1, -0.05) is 11.6 Å². The van der Waals surface area contributed by atoms with Gasteiger partial charge in [0.1, 0.15) is 5.15 Å². The lowest BCUT2D eigenvalue weighted by Gasteiger charge is -2.10. The van der Waals surface area contributed by atoms with Crippen molar-refractivity contribution in [3.05, 3.63) is 34.3 Å². The van der Waals surface area contributed by atoms with Crippen LogP contribution >= 0.6 is 22.9 Å². The molecule has 0 spiro atoms. The van der Waals surface area contributed by atoms with Crippen LogP contribution in [0.4, 0.5) is 0 Å². The highest BCUT2D eigenvalue weighted by Gasteiger charge is 2.13. The number of methoxy groups -OCH3 is 2. The van der Waals surface area contributed by atoms with E-state index in [1.165, 1.54) is 4.88 Å². The van der Waals surface area contributed by atoms with Gasteiger partial charge in [0.2, 0.25) is 0 Å². The Labute approximate surface area is 131 Å². The second kappa shape index (κ2) is 5.50.